The lowest BCUT2D eigenvalue weighted by Gasteiger charge is -2.31. The highest BCUT2D eigenvalue weighted by molar-refractivity contribution is 7.89. The minimum Gasteiger partial charge on any atom is -0.391 e. The summed E-state index contributed by atoms with van der Waals surface area (Å²) in [5.74, 6) is 0. The molecule has 1 heterocycles. The zero-order valence-corrected chi connectivity index (χ0v) is 13.6. The molecule has 0 radical (unpaired) electrons. The highest BCUT2D eigenvalue weighted by Crippen LogP contribution is 2.20. The maximum absolute atomic E-state index is 12.6. The third-order valence-corrected chi connectivity index (χ3v) is 5.59. The lowest BCUT2D eigenvalue weighted by atomic mass is 10.1. The third kappa shape index (κ3) is 3.79. The Kier molecular flexibility index (Phi) is 5.32. The maximum atomic E-state index is 12.6. The van der Waals surface area contributed by atoms with Crippen LogP contribution in [0.4, 0.5) is 0 Å². The summed E-state index contributed by atoms with van der Waals surface area (Å²) in [6.07, 6.45) is 1.47. The molecule has 1 fully saturated rings. The molecule has 1 aliphatic rings. The zero-order valence-electron chi connectivity index (χ0n) is 12.0. The number of hydrogen-bond donors (Lipinski definition) is 1. The number of rotatable bonds is 5. The molecular weight excluding hydrogens is 308 g/mol. The monoisotopic (exact) mass is 328 g/mol. The Labute approximate surface area is 131 Å². The van der Waals surface area contributed by atoms with Gasteiger partial charge in [0, 0.05) is 13.1 Å². The molecule has 1 saturated heterocycles. The largest absolute Gasteiger partial charge is 0.391 e. The predicted molar refractivity (Wildman–Crippen MR) is 85.7 cm³/mol. The Hall–Kier alpha value is -1.02. The predicted octanol–water partition coefficient (Wildman–Crippen LogP) is 1.31. The number of thiocarbonyl (C=S) groups is 1. The molecule has 0 saturated carbocycles. The normalized spacial score (nSPS) is 20.3. The maximum Gasteiger partial charge on any atom is 0.243 e. The van der Waals surface area contributed by atoms with Gasteiger partial charge in [0.2, 0.25) is 10.0 Å². The number of aryl methyl sites for hydroxylation is 1. The van der Waals surface area contributed by atoms with Gasteiger partial charge in [-0.2, -0.15) is 4.31 Å². The van der Waals surface area contributed by atoms with Gasteiger partial charge in [-0.1, -0.05) is 37.7 Å². The molecule has 21 heavy (non-hydrogen) atoms. The fraction of sp³-hybridized carbons (Fsp3) is 0.500. The van der Waals surface area contributed by atoms with Crippen LogP contribution in [-0.2, 0) is 21.2 Å². The molecule has 116 valence electrons. The average Bonchev–Trinajstić information content (AvgIpc) is 2.48. The molecule has 1 aliphatic heterocycles. The lowest BCUT2D eigenvalue weighted by molar-refractivity contribution is 0.0386. The van der Waals surface area contributed by atoms with Crippen LogP contribution in [-0.4, -0.2) is 43.5 Å². The molecule has 5 nitrogen and oxygen atoms in total. The second kappa shape index (κ2) is 6.83. The minimum absolute atomic E-state index is 0.175. The number of ether oxygens (including phenoxy) is 1. The van der Waals surface area contributed by atoms with E-state index in [2.05, 4.69) is 6.92 Å². The van der Waals surface area contributed by atoms with Gasteiger partial charge in [0.05, 0.1) is 11.5 Å². The molecule has 0 aromatic heterocycles. The Morgan fingerprint density at radius 2 is 2.10 bits per heavy atom. The molecule has 7 heteroatoms. The first-order valence-electron chi connectivity index (χ1n) is 6.95. The Morgan fingerprint density at radius 1 is 1.43 bits per heavy atom. The fourth-order valence-electron chi connectivity index (χ4n) is 2.28. The summed E-state index contributed by atoms with van der Waals surface area (Å²) in [4.78, 5) is 0.485. The van der Waals surface area contributed by atoms with E-state index in [-0.39, 0.29) is 11.5 Å². The first kappa shape index (κ1) is 16.4. The van der Waals surface area contributed by atoms with E-state index in [9.17, 15) is 8.42 Å². The second-order valence-corrected chi connectivity index (χ2v) is 7.43. The van der Waals surface area contributed by atoms with Crippen LogP contribution in [0, 0.1) is 0 Å². The van der Waals surface area contributed by atoms with Gasteiger partial charge in [0.1, 0.15) is 11.1 Å². The number of sulfonamides is 1. The minimum atomic E-state index is -3.52. The van der Waals surface area contributed by atoms with Gasteiger partial charge in [0.15, 0.2) is 0 Å². The molecule has 2 N–H and O–H groups in total. The fourth-order valence-corrected chi connectivity index (χ4v) is 3.85. The van der Waals surface area contributed by atoms with Crippen LogP contribution in [0.3, 0.4) is 0 Å². The number of morpholine rings is 1. The highest BCUT2D eigenvalue weighted by Gasteiger charge is 2.31. The van der Waals surface area contributed by atoms with Crippen molar-refractivity contribution in [2.75, 3.05) is 19.7 Å². The summed E-state index contributed by atoms with van der Waals surface area (Å²) >= 11 is 4.89. The van der Waals surface area contributed by atoms with Crippen molar-refractivity contribution in [2.45, 2.75) is 30.8 Å². The van der Waals surface area contributed by atoms with Gasteiger partial charge in [-0.15, -0.1) is 0 Å². The van der Waals surface area contributed by atoms with Gasteiger partial charge in [-0.25, -0.2) is 8.42 Å². The van der Waals surface area contributed by atoms with Gasteiger partial charge in [-0.3, -0.25) is 0 Å². The molecule has 1 atom stereocenters. The lowest BCUT2D eigenvalue weighted by Crippen LogP contribution is -2.49. The summed E-state index contributed by atoms with van der Waals surface area (Å²) in [5, 5.41) is 0. The second-order valence-electron chi connectivity index (χ2n) is 5.02. The van der Waals surface area contributed by atoms with Crippen molar-refractivity contribution in [3.8, 4) is 0 Å². The molecule has 0 bridgehead atoms. The number of nitrogens with zero attached hydrogens (tertiary/aromatic N) is 1. The molecular formula is C14H20N2O3S2. The van der Waals surface area contributed by atoms with E-state index in [1.165, 1.54) is 4.31 Å². The van der Waals surface area contributed by atoms with Crippen molar-refractivity contribution >= 4 is 27.2 Å². The SMILES string of the molecule is CCCc1ccc(S(=O)(=O)N2CCOC(C(N)=S)C2)cc1. The third-order valence-electron chi connectivity index (χ3n) is 3.45. The zero-order chi connectivity index (χ0) is 15.5. The van der Waals surface area contributed by atoms with Crippen molar-refractivity contribution in [1.82, 2.24) is 4.31 Å². The van der Waals surface area contributed by atoms with Crippen molar-refractivity contribution in [3.05, 3.63) is 29.8 Å². The Balaban J connectivity index is 2.18. The van der Waals surface area contributed by atoms with Crippen molar-refractivity contribution in [3.63, 3.8) is 0 Å². The van der Waals surface area contributed by atoms with Crippen LogP contribution in [0.2, 0.25) is 0 Å². The van der Waals surface area contributed by atoms with Crippen LogP contribution in [0.25, 0.3) is 0 Å². The molecule has 0 spiro atoms. The van der Waals surface area contributed by atoms with Crippen LogP contribution < -0.4 is 5.73 Å². The highest BCUT2D eigenvalue weighted by atomic mass is 32.2. The molecule has 1 unspecified atom stereocenters. The molecule has 1 aromatic carbocycles. The Morgan fingerprint density at radius 3 is 2.67 bits per heavy atom. The molecule has 0 aliphatic carbocycles. The summed E-state index contributed by atoms with van der Waals surface area (Å²) in [6, 6.07) is 7.04. The standard InChI is InChI=1S/C14H20N2O3S2/c1-2-3-11-4-6-12(7-5-11)21(17,18)16-8-9-19-13(10-16)14(15)20/h4-7,13H,2-3,8-10H2,1H3,(H2,15,20). The number of nitrogens with two attached hydrogens (primary N) is 1. The first-order valence-corrected chi connectivity index (χ1v) is 8.80. The van der Waals surface area contributed by atoms with E-state index in [1.807, 2.05) is 12.1 Å². The molecule has 2 rings (SSSR count). The average molecular weight is 328 g/mol. The van der Waals surface area contributed by atoms with Gasteiger partial charge >= 0.3 is 0 Å². The van der Waals surface area contributed by atoms with Crippen LogP contribution in [0.5, 0.6) is 0 Å². The summed E-state index contributed by atoms with van der Waals surface area (Å²) in [5.41, 5.74) is 6.69. The number of benzene rings is 1. The smallest absolute Gasteiger partial charge is 0.243 e. The summed E-state index contributed by atoms with van der Waals surface area (Å²) < 4.78 is 32.0. The van der Waals surface area contributed by atoms with Crippen LogP contribution in [0.1, 0.15) is 18.9 Å². The molecule has 1 aromatic rings. The number of hydrogen-bond acceptors (Lipinski definition) is 4. The van der Waals surface area contributed by atoms with Crippen molar-refractivity contribution in [1.29, 1.82) is 0 Å². The summed E-state index contributed by atoms with van der Waals surface area (Å²) in [7, 11) is -3.52. The quantitative estimate of drug-likeness (QED) is 0.825. The van der Waals surface area contributed by atoms with E-state index < -0.39 is 16.1 Å². The first-order chi connectivity index (χ1) is 9.95. The van der Waals surface area contributed by atoms with Crippen molar-refractivity contribution < 1.29 is 13.2 Å². The van der Waals surface area contributed by atoms with E-state index in [0.29, 0.717) is 18.0 Å². The topological polar surface area (TPSA) is 72.6 Å². The summed E-state index contributed by atoms with van der Waals surface area (Å²) in [6.45, 7) is 2.88. The van der Waals surface area contributed by atoms with Gasteiger partial charge < -0.3 is 10.5 Å². The van der Waals surface area contributed by atoms with E-state index in [4.69, 9.17) is 22.7 Å². The van der Waals surface area contributed by atoms with E-state index >= 15 is 0 Å². The van der Waals surface area contributed by atoms with E-state index in [0.717, 1.165) is 18.4 Å². The van der Waals surface area contributed by atoms with Gasteiger partial charge in [0.25, 0.3) is 0 Å². The van der Waals surface area contributed by atoms with Crippen LogP contribution >= 0.6 is 12.2 Å². The van der Waals surface area contributed by atoms with Crippen molar-refractivity contribution in [2.24, 2.45) is 5.73 Å². The van der Waals surface area contributed by atoms with Crippen LogP contribution in [0.15, 0.2) is 29.2 Å². The molecule has 0 amide bonds. The Bertz CT molecular complexity index is 599. The van der Waals surface area contributed by atoms with Gasteiger partial charge in [-0.05, 0) is 24.1 Å². The van der Waals surface area contributed by atoms with E-state index in [1.54, 1.807) is 12.1 Å².